The molecule has 0 unspecified atom stereocenters. The van der Waals surface area contributed by atoms with Crippen LogP contribution in [0.5, 0.6) is 0 Å². The van der Waals surface area contributed by atoms with Gasteiger partial charge >= 0.3 is 0 Å². The third-order valence-electron chi connectivity index (χ3n) is 3.02. The largest absolute Gasteiger partial charge is 0.326 e. The second-order valence-corrected chi connectivity index (χ2v) is 5.65. The molecule has 2 aromatic carbocycles. The summed E-state index contributed by atoms with van der Waals surface area (Å²) in [5, 5.41) is 5.63. The highest BCUT2D eigenvalue weighted by Gasteiger charge is 2.07. The summed E-state index contributed by atoms with van der Waals surface area (Å²) in [6, 6.07) is 15.0. The maximum Gasteiger partial charge on any atom is 0.228 e. The molecule has 0 spiro atoms. The fraction of sp³-hybridized carbons (Fsp3) is 0.176. The molecule has 0 aliphatic carbocycles. The van der Waals surface area contributed by atoms with E-state index < -0.39 is 0 Å². The number of hydrogen-bond acceptors (Lipinski definition) is 3. The molecule has 22 heavy (non-hydrogen) atoms. The molecule has 2 aromatic rings. The van der Waals surface area contributed by atoms with E-state index in [-0.39, 0.29) is 11.8 Å². The van der Waals surface area contributed by atoms with Crippen molar-refractivity contribution in [3.63, 3.8) is 0 Å². The van der Waals surface area contributed by atoms with Crippen LogP contribution in [0.4, 0.5) is 11.4 Å². The minimum absolute atomic E-state index is 0.0613. The molecule has 2 rings (SSSR count). The van der Waals surface area contributed by atoms with Crippen molar-refractivity contribution >= 4 is 35.0 Å². The Hall–Kier alpha value is -2.27. The smallest absolute Gasteiger partial charge is 0.228 e. The molecule has 0 heterocycles. The van der Waals surface area contributed by atoms with Gasteiger partial charge in [0.25, 0.3) is 0 Å². The molecule has 0 bridgehead atoms. The third kappa shape index (κ3) is 4.63. The monoisotopic (exact) mass is 314 g/mol. The van der Waals surface area contributed by atoms with Gasteiger partial charge in [-0.25, -0.2) is 0 Å². The summed E-state index contributed by atoms with van der Waals surface area (Å²) in [5.41, 5.74) is 2.45. The van der Waals surface area contributed by atoms with Crippen LogP contribution in [0.25, 0.3) is 0 Å². The standard InChI is InChI=1S/C17H18N2O2S/c1-12(20)18-14-9-7-13(8-10-14)11-17(21)19-15-5-3-4-6-16(15)22-2/h3-10H,11H2,1-2H3,(H,18,20)(H,19,21). The number of nitrogens with one attached hydrogen (secondary N) is 2. The summed E-state index contributed by atoms with van der Waals surface area (Å²) in [5.74, 6) is -0.173. The number of amides is 2. The molecule has 2 amide bonds. The molecule has 5 heteroatoms. The van der Waals surface area contributed by atoms with Gasteiger partial charge in [0.1, 0.15) is 0 Å². The van der Waals surface area contributed by atoms with Crippen LogP contribution in [0, 0.1) is 0 Å². The summed E-state index contributed by atoms with van der Waals surface area (Å²) >= 11 is 1.60. The minimum atomic E-state index is -0.112. The summed E-state index contributed by atoms with van der Waals surface area (Å²) < 4.78 is 0. The summed E-state index contributed by atoms with van der Waals surface area (Å²) in [6.45, 7) is 1.46. The molecular weight excluding hydrogens is 296 g/mol. The molecule has 0 atom stereocenters. The van der Waals surface area contributed by atoms with Crippen molar-refractivity contribution in [2.75, 3.05) is 16.9 Å². The molecule has 0 saturated carbocycles. The maximum absolute atomic E-state index is 12.1. The van der Waals surface area contributed by atoms with Gasteiger partial charge in [0.2, 0.25) is 11.8 Å². The van der Waals surface area contributed by atoms with Crippen molar-refractivity contribution in [1.82, 2.24) is 0 Å². The van der Waals surface area contributed by atoms with Crippen LogP contribution in [0.2, 0.25) is 0 Å². The van der Waals surface area contributed by atoms with Crippen molar-refractivity contribution in [1.29, 1.82) is 0 Å². The lowest BCUT2D eigenvalue weighted by molar-refractivity contribution is -0.116. The van der Waals surface area contributed by atoms with Crippen LogP contribution in [0.15, 0.2) is 53.4 Å². The zero-order valence-corrected chi connectivity index (χ0v) is 13.4. The Balaban J connectivity index is 1.98. The topological polar surface area (TPSA) is 58.2 Å². The van der Waals surface area contributed by atoms with E-state index in [1.807, 2.05) is 42.7 Å². The molecule has 0 aliphatic heterocycles. The Kier molecular flexibility index (Phi) is 5.61. The first-order valence-electron chi connectivity index (χ1n) is 6.88. The second kappa shape index (κ2) is 7.66. The van der Waals surface area contributed by atoms with Crippen LogP contribution >= 0.6 is 11.8 Å². The first kappa shape index (κ1) is 16.1. The lowest BCUT2D eigenvalue weighted by Crippen LogP contribution is -2.15. The van der Waals surface area contributed by atoms with Gasteiger partial charge in [0, 0.05) is 17.5 Å². The molecular formula is C17H18N2O2S. The second-order valence-electron chi connectivity index (χ2n) is 4.80. The number of carbonyl (C=O) groups excluding carboxylic acids is 2. The van der Waals surface area contributed by atoms with Crippen LogP contribution < -0.4 is 10.6 Å². The molecule has 4 nitrogen and oxygen atoms in total. The van der Waals surface area contributed by atoms with Gasteiger partial charge in [0.05, 0.1) is 12.1 Å². The Morgan fingerprint density at radius 3 is 2.32 bits per heavy atom. The van der Waals surface area contributed by atoms with Crippen molar-refractivity contribution in [3.05, 3.63) is 54.1 Å². The SMILES string of the molecule is CSc1ccccc1NC(=O)Cc1ccc(NC(C)=O)cc1. The summed E-state index contributed by atoms with van der Waals surface area (Å²) in [7, 11) is 0. The number of hydrogen-bond donors (Lipinski definition) is 2. The normalized spacial score (nSPS) is 10.1. The van der Waals surface area contributed by atoms with Crippen molar-refractivity contribution in [3.8, 4) is 0 Å². The Morgan fingerprint density at radius 2 is 1.68 bits per heavy atom. The zero-order chi connectivity index (χ0) is 15.9. The lowest BCUT2D eigenvalue weighted by atomic mass is 10.1. The van der Waals surface area contributed by atoms with E-state index in [1.54, 1.807) is 23.9 Å². The van der Waals surface area contributed by atoms with Gasteiger partial charge in [-0.15, -0.1) is 11.8 Å². The quantitative estimate of drug-likeness (QED) is 0.830. The Bertz CT molecular complexity index is 669. The third-order valence-corrected chi connectivity index (χ3v) is 3.82. The zero-order valence-electron chi connectivity index (χ0n) is 12.6. The van der Waals surface area contributed by atoms with Crippen molar-refractivity contribution < 1.29 is 9.59 Å². The van der Waals surface area contributed by atoms with Gasteiger partial charge in [-0.05, 0) is 36.1 Å². The van der Waals surface area contributed by atoms with Crippen LogP contribution in [-0.4, -0.2) is 18.1 Å². The molecule has 0 aliphatic rings. The Labute approximate surface area is 134 Å². The highest BCUT2D eigenvalue weighted by Crippen LogP contribution is 2.24. The number of para-hydroxylation sites is 1. The molecule has 2 N–H and O–H groups in total. The Morgan fingerprint density at radius 1 is 1.00 bits per heavy atom. The van der Waals surface area contributed by atoms with E-state index in [2.05, 4.69) is 10.6 Å². The summed E-state index contributed by atoms with van der Waals surface area (Å²) in [4.78, 5) is 24.1. The fourth-order valence-electron chi connectivity index (χ4n) is 2.04. The van der Waals surface area contributed by atoms with E-state index in [9.17, 15) is 9.59 Å². The number of anilines is 2. The van der Waals surface area contributed by atoms with Crippen LogP contribution in [-0.2, 0) is 16.0 Å². The van der Waals surface area contributed by atoms with Crippen LogP contribution in [0.3, 0.4) is 0 Å². The average molecular weight is 314 g/mol. The highest BCUT2D eigenvalue weighted by molar-refractivity contribution is 7.98. The molecule has 114 valence electrons. The number of thioether (sulfide) groups is 1. The van der Waals surface area contributed by atoms with E-state index in [4.69, 9.17) is 0 Å². The van der Waals surface area contributed by atoms with Gasteiger partial charge in [-0.2, -0.15) is 0 Å². The molecule has 0 aromatic heterocycles. The number of benzene rings is 2. The highest BCUT2D eigenvalue weighted by atomic mass is 32.2. The predicted octanol–water partition coefficient (Wildman–Crippen LogP) is 3.55. The average Bonchev–Trinajstić information content (AvgIpc) is 2.49. The van der Waals surface area contributed by atoms with E-state index in [0.29, 0.717) is 6.42 Å². The first-order valence-corrected chi connectivity index (χ1v) is 8.10. The lowest BCUT2D eigenvalue weighted by Gasteiger charge is -2.09. The van der Waals surface area contributed by atoms with E-state index >= 15 is 0 Å². The fourth-order valence-corrected chi connectivity index (χ4v) is 2.59. The summed E-state index contributed by atoms with van der Waals surface area (Å²) in [6.07, 6.45) is 2.27. The van der Waals surface area contributed by atoms with Gasteiger partial charge < -0.3 is 10.6 Å². The number of carbonyl (C=O) groups is 2. The van der Waals surface area contributed by atoms with Crippen molar-refractivity contribution in [2.24, 2.45) is 0 Å². The predicted molar refractivity (Wildman–Crippen MR) is 91.3 cm³/mol. The van der Waals surface area contributed by atoms with Gasteiger partial charge in [0.15, 0.2) is 0 Å². The van der Waals surface area contributed by atoms with Gasteiger partial charge in [-0.1, -0.05) is 24.3 Å². The van der Waals surface area contributed by atoms with E-state index in [0.717, 1.165) is 21.8 Å². The maximum atomic E-state index is 12.1. The molecule has 0 radical (unpaired) electrons. The van der Waals surface area contributed by atoms with E-state index in [1.165, 1.54) is 6.92 Å². The molecule has 0 saturated heterocycles. The van der Waals surface area contributed by atoms with Gasteiger partial charge in [-0.3, -0.25) is 9.59 Å². The van der Waals surface area contributed by atoms with Crippen molar-refractivity contribution in [2.45, 2.75) is 18.2 Å². The molecule has 0 fully saturated rings. The minimum Gasteiger partial charge on any atom is -0.326 e. The first-order chi connectivity index (χ1) is 10.6. The number of rotatable bonds is 5. The van der Waals surface area contributed by atoms with Crippen LogP contribution in [0.1, 0.15) is 12.5 Å².